The van der Waals surface area contributed by atoms with Crippen LogP contribution in [-0.4, -0.2) is 27.0 Å². The third kappa shape index (κ3) is 3.21. The largest absolute Gasteiger partial charge is 0.328 e. The Bertz CT molecular complexity index is 1280. The summed E-state index contributed by atoms with van der Waals surface area (Å²) in [7, 11) is 1.88. The number of fused-ring (bicyclic) bond motifs is 2. The van der Waals surface area contributed by atoms with E-state index in [1.54, 1.807) is 24.7 Å². The summed E-state index contributed by atoms with van der Waals surface area (Å²) in [5, 5.41) is 12.1. The van der Waals surface area contributed by atoms with E-state index in [2.05, 4.69) is 44.1 Å². The van der Waals surface area contributed by atoms with Crippen molar-refractivity contribution in [3.05, 3.63) is 72.3 Å². The molecule has 4 heterocycles. The van der Waals surface area contributed by atoms with Crippen molar-refractivity contribution >= 4 is 34.0 Å². The minimum Gasteiger partial charge on any atom is -0.328 e. The van der Waals surface area contributed by atoms with Crippen LogP contribution in [0, 0.1) is 11.3 Å². The first kappa shape index (κ1) is 17.8. The molecule has 9 nitrogen and oxygen atoms in total. The van der Waals surface area contributed by atoms with Crippen LogP contribution in [0.1, 0.15) is 11.3 Å². The Morgan fingerprint density at radius 2 is 2.03 bits per heavy atom. The molecule has 30 heavy (non-hydrogen) atoms. The van der Waals surface area contributed by atoms with Gasteiger partial charge in [0.15, 0.2) is 17.5 Å². The second-order valence-electron chi connectivity index (χ2n) is 6.82. The Morgan fingerprint density at radius 3 is 2.93 bits per heavy atom. The van der Waals surface area contributed by atoms with Crippen LogP contribution < -0.4 is 20.9 Å². The van der Waals surface area contributed by atoms with Crippen LogP contribution in [0.5, 0.6) is 0 Å². The van der Waals surface area contributed by atoms with Gasteiger partial charge in [0.1, 0.15) is 11.8 Å². The Balaban J connectivity index is 1.43. The summed E-state index contributed by atoms with van der Waals surface area (Å²) < 4.78 is 0. The van der Waals surface area contributed by atoms with Crippen molar-refractivity contribution in [2.24, 2.45) is 0 Å². The summed E-state index contributed by atoms with van der Waals surface area (Å²) in [6.07, 6.45) is 5.08. The molecule has 9 heteroatoms. The number of hydrogen-bond donors (Lipinski definition) is 2. The maximum atomic E-state index is 9.10. The van der Waals surface area contributed by atoms with Gasteiger partial charge in [-0.05, 0) is 35.9 Å². The van der Waals surface area contributed by atoms with Gasteiger partial charge in [-0.15, -0.1) is 5.53 Å². The van der Waals surface area contributed by atoms with Gasteiger partial charge in [-0.1, -0.05) is 12.1 Å². The van der Waals surface area contributed by atoms with E-state index in [1.807, 2.05) is 41.2 Å². The number of nitriles is 1. The van der Waals surface area contributed by atoms with Crippen LogP contribution in [-0.2, 0) is 6.54 Å². The molecule has 0 radical (unpaired) electrons. The van der Waals surface area contributed by atoms with Gasteiger partial charge < -0.3 is 4.90 Å². The highest BCUT2D eigenvalue weighted by atomic mass is 15.7. The number of hydrazine groups is 2. The first-order chi connectivity index (χ1) is 14.7. The number of pyridine rings is 2. The first-order valence-corrected chi connectivity index (χ1v) is 9.31. The highest BCUT2D eigenvalue weighted by molar-refractivity contribution is 5.79. The van der Waals surface area contributed by atoms with Crippen LogP contribution in [0.4, 0.5) is 23.1 Å². The lowest BCUT2D eigenvalue weighted by atomic mass is 10.1. The van der Waals surface area contributed by atoms with E-state index in [0.717, 1.165) is 22.2 Å². The Kier molecular flexibility index (Phi) is 4.31. The highest BCUT2D eigenvalue weighted by Gasteiger charge is 2.23. The van der Waals surface area contributed by atoms with Gasteiger partial charge in [-0.25, -0.2) is 15.0 Å². The van der Waals surface area contributed by atoms with Crippen molar-refractivity contribution in [1.29, 1.82) is 5.26 Å². The Labute approximate surface area is 172 Å². The zero-order valence-electron chi connectivity index (χ0n) is 16.1. The van der Waals surface area contributed by atoms with E-state index in [1.165, 1.54) is 0 Å². The van der Waals surface area contributed by atoms with E-state index in [0.29, 0.717) is 29.7 Å². The van der Waals surface area contributed by atoms with E-state index < -0.39 is 0 Å². The van der Waals surface area contributed by atoms with E-state index in [-0.39, 0.29) is 0 Å². The molecule has 0 atom stereocenters. The number of nitrogens with one attached hydrogen (secondary N) is 2. The maximum Gasteiger partial charge on any atom is 0.191 e. The monoisotopic (exact) mass is 395 g/mol. The zero-order valence-corrected chi connectivity index (χ0v) is 16.1. The van der Waals surface area contributed by atoms with Gasteiger partial charge in [0.2, 0.25) is 0 Å². The minimum absolute atomic E-state index is 0.351. The lowest BCUT2D eigenvalue weighted by Crippen LogP contribution is -2.35. The first-order valence-electron chi connectivity index (χ1n) is 9.31. The molecule has 1 aromatic carbocycles. The molecular weight excluding hydrogens is 378 g/mol. The van der Waals surface area contributed by atoms with Crippen molar-refractivity contribution in [1.82, 2.24) is 25.5 Å². The molecule has 2 N–H and O–H groups in total. The Morgan fingerprint density at radius 1 is 1.10 bits per heavy atom. The summed E-state index contributed by atoms with van der Waals surface area (Å²) >= 11 is 0. The minimum atomic E-state index is 0.351. The standard InChI is InChI=1S/C21H17N9/c1-29(17-6-8-23-16(10-17)11-22)19-12-25-20-21(26-19)30(28-27-20)13-14-4-5-18-15(9-14)3-2-7-24-18/h2-10,12,28H,13H2,1H3,(H,25,27). The fourth-order valence-corrected chi connectivity index (χ4v) is 3.32. The van der Waals surface area contributed by atoms with Gasteiger partial charge in [-0.3, -0.25) is 15.4 Å². The highest BCUT2D eigenvalue weighted by Crippen LogP contribution is 2.30. The molecule has 0 bridgehead atoms. The van der Waals surface area contributed by atoms with Crippen molar-refractivity contribution in [2.45, 2.75) is 6.54 Å². The van der Waals surface area contributed by atoms with Gasteiger partial charge in [0.05, 0.1) is 18.3 Å². The lowest BCUT2D eigenvalue weighted by Gasteiger charge is -2.20. The number of anilines is 4. The molecule has 3 aromatic heterocycles. The molecule has 0 saturated carbocycles. The van der Waals surface area contributed by atoms with E-state index in [9.17, 15) is 0 Å². The van der Waals surface area contributed by atoms with E-state index in [4.69, 9.17) is 10.2 Å². The second-order valence-corrected chi connectivity index (χ2v) is 6.82. The normalized spacial score (nSPS) is 12.3. The predicted molar refractivity (Wildman–Crippen MR) is 114 cm³/mol. The van der Waals surface area contributed by atoms with Gasteiger partial charge in [0, 0.05) is 30.5 Å². The van der Waals surface area contributed by atoms with Crippen molar-refractivity contribution in [2.75, 3.05) is 22.4 Å². The average molecular weight is 395 g/mol. The third-order valence-corrected chi connectivity index (χ3v) is 4.90. The van der Waals surface area contributed by atoms with Crippen LogP contribution in [0.2, 0.25) is 0 Å². The molecular formula is C21H17N9. The lowest BCUT2D eigenvalue weighted by molar-refractivity contribution is 0.717. The topological polar surface area (TPSA) is 106 Å². The fourth-order valence-electron chi connectivity index (χ4n) is 3.32. The molecule has 146 valence electrons. The molecule has 0 spiro atoms. The van der Waals surface area contributed by atoms with Crippen molar-refractivity contribution in [3.63, 3.8) is 0 Å². The number of rotatable bonds is 4. The summed E-state index contributed by atoms with van der Waals surface area (Å²) in [6, 6.07) is 15.8. The molecule has 0 amide bonds. The zero-order chi connectivity index (χ0) is 20.5. The maximum absolute atomic E-state index is 9.10. The van der Waals surface area contributed by atoms with Gasteiger partial charge in [-0.2, -0.15) is 5.26 Å². The third-order valence-electron chi connectivity index (χ3n) is 4.90. The quantitative estimate of drug-likeness (QED) is 0.539. The molecule has 0 aliphatic carbocycles. The predicted octanol–water partition coefficient (Wildman–Crippen LogP) is 2.91. The molecule has 0 unspecified atom stereocenters. The van der Waals surface area contributed by atoms with Crippen molar-refractivity contribution < 1.29 is 0 Å². The number of aromatic nitrogens is 4. The summed E-state index contributed by atoms with van der Waals surface area (Å²) in [5.74, 6) is 2.00. The smallest absolute Gasteiger partial charge is 0.191 e. The van der Waals surface area contributed by atoms with Gasteiger partial charge in [0.25, 0.3) is 0 Å². The SMILES string of the molecule is CN(c1ccnc(C#N)c1)c1cnc2c(n1)N(Cc1ccc3ncccc3c1)NN2. The van der Waals surface area contributed by atoms with E-state index >= 15 is 0 Å². The molecule has 0 saturated heterocycles. The fraction of sp³-hybridized carbons (Fsp3) is 0.0952. The average Bonchev–Trinajstić information content (AvgIpc) is 3.20. The summed E-state index contributed by atoms with van der Waals surface area (Å²) in [4.78, 5) is 19.5. The molecule has 5 rings (SSSR count). The van der Waals surface area contributed by atoms with Gasteiger partial charge >= 0.3 is 0 Å². The summed E-state index contributed by atoms with van der Waals surface area (Å²) in [5.41, 5.74) is 9.41. The molecule has 1 aliphatic heterocycles. The second kappa shape index (κ2) is 7.27. The number of hydrogen-bond acceptors (Lipinski definition) is 9. The van der Waals surface area contributed by atoms with Crippen LogP contribution in [0.15, 0.2) is 61.1 Å². The summed E-state index contributed by atoms with van der Waals surface area (Å²) in [6.45, 7) is 0.598. The number of nitrogens with zero attached hydrogens (tertiary/aromatic N) is 7. The van der Waals surface area contributed by atoms with Crippen LogP contribution >= 0.6 is 0 Å². The van der Waals surface area contributed by atoms with Crippen LogP contribution in [0.3, 0.4) is 0 Å². The van der Waals surface area contributed by atoms with Crippen molar-refractivity contribution in [3.8, 4) is 6.07 Å². The molecule has 1 aliphatic rings. The molecule has 4 aromatic rings. The Hall–Kier alpha value is -4.29. The van der Waals surface area contributed by atoms with Crippen LogP contribution in [0.25, 0.3) is 10.9 Å². The molecule has 0 fully saturated rings. The number of benzene rings is 1.